The molecule has 5 nitrogen and oxygen atoms in total. The molecule has 1 aromatic carbocycles. The number of carbonyl (C=O) groups excluding carboxylic acids is 1. The predicted octanol–water partition coefficient (Wildman–Crippen LogP) is 2.00. The van der Waals surface area contributed by atoms with E-state index in [9.17, 15) is 4.79 Å². The van der Waals surface area contributed by atoms with Gasteiger partial charge in [-0.05, 0) is 43.1 Å². The highest BCUT2D eigenvalue weighted by molar-refractivity contribution is 5.85. The number of carbonyl (C=O) groups is 1. The van der Waals surface area contributed by atoms with E-state index in [4.69, 9.17) is 10.5 Å². The fourth-order valence-corrected chi connectivity index (χ4v) is 2.07. The fraction of sp³-hybridized carbons (Fsp3) is 0.400. The molecular weight excluding hydrogens is 256 g/mol. The molecule has 0 spiro atoms. The van der Waals surface area contributed by atoms with Crippen LogP contribution >= 0.6 is 0 Å². The van der Waals surface area contributed by atoms with Crippen molar-refractivity contribution in [2.24, 2.45) is 5.73 Å². The van der Waals surface area contributed by atoms with Crippen molar-refractivity contribution in [2.45, 2.75) is 19.3 Å². The van der Waals surface area contributed by atoms with E-state index in [0.717, 1.165) is 28.6 Å². The van der Waals surface area contributed by atoms with Crippen LogP contribution in [0.2, 0.25) is 0 Å². The van der Waals surface area contributed by atoms with Gasteiger partial charge in [-0.15, -0.1) is 0 Å². The number of rotatable bonds is 7. The van der Waals surface area contributed by atoms with Crippen molar-refractivity contribution in [3.05, 3.63) is 30.0 Å². The Morgan fingerprint density at radius 2 is 2.25 bits per heavy atom. The molecule has 3 N–H and O–H groups in total. The summed E-state index contributed by atoms with van der Waals surface area (Å²) in [5.41, 5.74) is 7.57. The number of aromatic amines is 1. The lowest BCUT2D eigenvalue weighted by atomic mass is 10.1. The number of benzene rings is 1. The summed E-state index contributed by atoms with van der Waals surface area (Å²) in [6, 6.07) is 5.91. The summed E-state index contributed by atoms with van der Waals surface area (Å²) in [6.07, 6.45) is 3.79. The molecule has 1 heterocycles. The SMILES string of the molecule is COC(=O)CCc1c[nH]c2ccc(OCCCN)cc12. The predicted molar refractivity (Wildman–Crippen MR) is 77.8 cm³/mol. The van der Waals surface area contributed by atoms with Crippen molar-refractivity contribution in [3.8, 4) is 5.75 Å². The number of aryl methyl sites for hydroxylation is 1. The van der Waals surface area contributed by atoms with Crippen LogP contribution < -0.4 is 10.5 Å². The zero-order valence-electron chi connectivity index (χ0n) is 11.6. The summed E-state index contributed by atoms with van der Waals surface area (Å²) in [5.74, 6) is 0.625. The Balaban J connectivity index is 2.10. The summed E-state index contributed by atoms with van der Waals surface area (Å²) < 4.78 is 10.3. The van der Waals surface area contributed by atoms with Gasteiger partial charge in [0.15, 0.2) is 0 Å². The molecule has 1 aromatic heterocycles. The Kier molecular flexibility index (Phi) is 5.01. The molecule has 0 unspecified atom stereocenters. The van der Waals surface area contributed by atoms with E-state index in [1.807, 2.05) is 24.4 Å². The molecule has 0 aliphatic rings. The summed E-state index contributed by atoms with van der Waals surface area (Å²) in [4.78, 5) is 14.4. The van der Waals surface area contributed by atoms with Crippen LogP contribution in [0.1, 0.15) is 18.4 Å². The number of nitrogens with two attached hydrogens (primary N) is 1. The number of fused-ring (bicyclic) bond motifs is 1. The Hall–Kier alpha value is -2.01. The Morgan fingerprint density at radius 3 is 3.00 bits per heavy atom. The van der Waals surface area contributed by atoms with E-state index >= 15 is 0 Å². The zero-order valence-corrected chi connectivity index (χ0v) is 11.6. The van der Waals surface area contributed by atoms with Gasteiger partial charge in [0.05, 0.1) is 13.7 Å². The number of methoxy groups -OCH3 is 1. The van der Waals surface area contributed by atoms with E-state index in [2.05, 4.69) is 9.72 Å². The molecule has 108 valence electrons. The Morgan fingerprint density at radius 1 is 1.40 bits per heavy atom. The minimum absolute atomic E-state index is 0.199. The summed E-state index contributed by atoms with van der Waals surface area (Å²) in [6.45, 7) is 1.24. The number of nitrogens with one attached hydrogen (secondary N) is 1. The summed E-state index contributed by atoms with van der Waals surface area (Å²) in [7, 11) is 1.40. The van der Waals surface area contributed by atoms with Gasteiger partial charge in [0.1, 0.15) is 5.75 Å². The first kappa shape index (κ1) is 14.4. The first-order valence-corrected chi connectivity index (χ1v) is 6.74. The smallest absolute Gasteiger partial charge is 0.305 e. The minimum Gasteiger partial charge on any atom is -0.494 e. The maximum Gasteiger partial charge on any atom is 0.305 e. The second-order valence-corrected chi connectivity index (χ2v) is 4.59. The fourth-order valence-electron chi connectivity index (χ4n) is 2.07. The van der Waals surface area contributed by atoms with E-state index in [0.29, 0.717) is 26.0 Å². The third-order valence-electron chi connectivity index (χ3n) is 3.18. The first-order chi connectivity index (χ1) is 9.74. The number of hydrogen-bond acceptors (Lipinski definition) is 4. The molecule has 0 atom stereocenters. The molecule has 0 aliphatic heterocycles. The van der Waals surface area contributed by atoms with Crippen LogP contribution in [0.3, 0.4) is 0 Å². The van der Waals surface area contributed by atoms with Crippen LogP contribution in [-0.4, -0.2) is 31.2 Å². The van der Waals surface area contributed by atoms with Crippen molar-refractivity contribution in [1.29, 1.82) is 0 Å². The van der Waals surface area contributed by atoms with E-state index in [-0.39, 0.29) is 5.97 Å². The summed E-state index contributed by atoms with van der Waals surface area (Å²) >= 11 is 0. The third-order valence-corrected chi connectivity index (χ3v) is 3.18. The maximum atomic E-state index is 11.2. The molecule has 2 aromatic rings. The zero-order chi connectivity index (χ0) is 14.4. The molecule has 0 amide bonds. The number of aromatic nitrogens is 1. The molecule has 0 fully saturated rings. The molecule has 0 saturated carbocycles. The molecule has 20 heavy (non-hydrogen) atoms. The number of esters is 1. The highest BCUT2D eigenvalue weighted by Crippen LogP contribution is 2.24. The van der Waals surface area contributed by atoms with Crippen LogP contribution in [-0.2, 0) is 16.0 Å². The van der Waals surface area contributed by atoms with Gasteiger partial charge in [0.25, 0.3) is 0 Å². The van der Waals surface area contributed by atoms with Crippen LogP contribution in [0.5, 0.6) is 5.75 Å². The molecule has 0 radical (unpaired) electrons. The van der Waals surface area contributed by atoms with Gasteiger partial charge in [-0.25, -0.2) is 0 Å². The quantitative estimate of drug-likeness (QED) is 0.599. The van der Waals surface area contributed by atoms with Gasteiger partial charge in [-0.3, -0.25) is 4.79 Å². The number of ether oxygens (including phenoxy) is 2. The van der Waals surface area contributed by atoms with Crippen LogP contribution in [0.4, 0.5) is 0 Å². The Bertz CT molecular complexity index is 578. The van der Waals surface area contributed by atoms with Gasteiger partial charge < -0.3 is 20.2 Å². The first-order valence-electron chi connectivity index (χ1n) is 6.74. The largest absolute Gasteiger partial charge is 0.494 e. The average Bonchev–Trinajstić information content (AvgIpc) is 2.87. The molecule has 2 rings (SSSR count). The van der Waals surface area contributed by atoms with Gasteiger partial charge >= 0.3 is 5.97 Å². The van der Waals surface area contributed by atoms with Crippen LogP contribution in [0.15, 0.2) is 24.4 Å². The second kappa shape index (κ2) is 6.96. The van der Waals surface area contributed by atoms with Crippen LogP contribution in [0, 0.1) is 0 Å². The van der Waals surface area contributed by atoms with Crippen molar-refractivity contribution in [3.63, 3.8) is 0 Å². The van der Waals surface area contributed by atoms with Gasteiger partial charge in [0, 0.05) is 23.5 Å². The molecule has 0 aliphatic carbocycles. The van der Waals surface area contributed by atoms with E-state index in [1.165, 1.54) is 7.11 Å². The van der Waals surface area contributed by atoms with E-state index < -0.39 is 0 Å². The van der Waals surface area contributed by atoms with Crippen molar-refractivity contribution in [1.82, 2.24) is 4.98 Å². The average molecular weight is 276 g/mol. The topological polar surface area (TPSA) is 77.3 Å². The lowest BCUT2D eigenvalue weighted by Crippen LogP contribution is -2.06. The lowest BCUT2D eigenvalue weighted by molar-refractivity contribution is -0.140. The van der Waals surface area contributed by atoms with Crippen molar-refractivity contribution in [2.75, 3.05) is 20.3 Å². The van der Waals surface area contributed by atoms with Crippen LogP contribution in [0.25, 0.3) is 10.9 Å². The monoisotopic (exact) mass is 276 g/mol. The number of H-pyrrole nitrogens is 1. The third kappa shape index (κ3) is 3.51. The van der Waals surface area contributed by atoms with Crippen molar-refractivity contribution >= 4 is 16.9 Å². The normalized spacial score (nSPS) is 10.7. The molecular formula is C15H20N2O3. The number of hydrogen-bond donors (Lipinski definition) is 2. The summed E-state index contributed by atoms with van der Waals surface area (Å²) in [5, 5.41) is 1.08. The van der Waals surface area contributed by atoms with Gasteiger partial charge in [-0.2, -0.15) is 0 Å². The Labute approximate surface area is 118 Å². The highest BCUT2D eigenvalue weighted by atomic mass is 16.5. The lowest BCUT2D eigenvalue weighted by Gasteiger charge is -2.06. The van der Waals surface area contributed by atoms with Gasteiger partial charge in [0.2, 0.25) is 0 Å². The highest BCUT2D eigenvalue weighted by Gasteiger charge is 2.08. The standard InChI is InChI=1S/C15H20N2O3/c1-19-15(18)6-3-11-10-17-14-5-4-12(9-13(11)14)20-8-2-7-16/h4-5,9-10,17H,2-3,6-8,16H2,1H3. The van der Waals surface area contributed by atoms with Crippen molar-refractivity contribution < 1.29 is 14.3 Å². The minimum atomic E-state index is -0.199. The molecule has 0 bridgehead atoms. The van der Waals surface area contributed by atoms with E-state index in [1.54, 1.807) is 0 Å². The van der Waals surface area contributed by atoms with Gasteiger partial charge in [-0.1, -0.05) is 0 Å². The second-order valence-electron chi connectivity index (χ2n) is 4.59. The molecule has 5 heteroatoms. The maximum absolute atomic E-state index is 11.2. The molecule has 0 saturated heterocycles.